The number of dihydropyridines is 1. The topological polar surface area (TPSA) is 75.7 Å². The van der Waals surface area contributed by atoms with Crippen LogP contribution < -0.4 is 10.2 Å². The molecular formula is C25H22N2O4. The highest BCUT2D eigenvalue weighted by Crippen LogP contribution is 2.57. The van der Waals surface area contributed by atoms with Gasteiger partial charge in [-0.1, -0.05) is 42.5 Å². The molecule has 1 N–H and O–H groups in total. The van der Waals surface area contributed by atoms with Crippen LogP contribution in [0.25, 0.3) is 5.70 Å². The standard InChI is InChI=1S/C25H22N2O4/c1-4-27-18-13-9-8-12-17(18)25(24(27)30)19(23(29)31-5-2)14(3)26-21-15-10-6-7-11-16(15)22(28)20(21)25/h6-13,26H,4-5H2,1-3H3. The summed E-state index contributed by atoms with van der Waals surface area (Å²) in [4.78, 5) is 42.8. The molecule has 6 nitrogen and oxygen atoms in total. The molecule has 1 aliphatic carbocycles. The van der Waals surface area contributed by atoms with Crippen molar-refractivity contribution in [1.82, 2.24) is 5.32 Å². The maximum absolute atomic E-state index is 14.1. The zero-order chi connectivity index (χ0) is 21.9. The van der Waals surface area contributed by atoms with Crippen LogP contribution in [0, 0.1) is 0 Å². The summed E-state index contributed by atoms with van der Waals surface area (Å²) in [7, 11) is 0. The molecule has 1 unspecified atom stereocenters. The van der Waals surface area contributed by atoms with Gasteiger partial charge in [0.25, 0.3) is 0 Å². The van der Waals surface area contributed by atoms with E-state index in [1.54, 1.807) is 30.9 Å². The number of carbonyl (C=O) groups excluding carboxylic acids is 3. The van der Waals surface area contributed by atoms with Gasteiger partial charge >= 0.3 is 5.97 Å². The van der Waals surface area contributed by atoms with E-state index >= 15 is 0 Å². The number of benzene rings is 2. The van der Waals surface area contributed by atoms with Crippen molar-refractivity contribution in [2.24, 2.45) is 0 Å². The molecule has 0 aromatic heterocycles. The molecular weight excluding hydrogens is 392 g/mol. The third-order valence-corrected chi connectivity index (χ3v) is 6.32. The first-order valence-corrected chi connectivity index (χ1v) is 10.4. The van der Waals surface area contributed by atoms with Crippen molar-refractivity contribution < 1.29 is 19.1 Å². The van der Waals surface area contributed by atoms with Crippen LogP contribution in [-0.4, -0.2) is 30.8 Å². The Balaban J connectivity index is 1.90. The number of allylic oxidation sites excluding steroid dienone is 1. The van der Waals surface area contributed by atoms with Crippen LogP contribution in [0.1, 0.15) is 42.3 Å². The largest absolute Gasteiger partial charge is 0.463 e. The number of para-hydroxylation sites is 1. The second-order valence-corrected chi connectivity index (χ2v) is 7.79. The zero-order valence-corrected chi connectivity index (χ0v) is 17.6. The number of likely N-dealkylation sites (N-methyl/N-ethyl adjacent to an activating group) is 1. The molecule has 2 heterocycles. The molecule has 31 heavy (non-hydrogen) atoms. The number of nitrogens with one attached hydrogen (secondary N) is 1. The van der Waals surface area contributed by atoms with Crippen molar-refractivity contribution in [2.75, 3.05) is 18.1 Å². The predicted octanol–water partition coefficient (Wildman–Crippen LogP) is 3.34. The minimum atomic E-state index is -1.54. The van der Waals surface area contributed by atoms with Crippen LogP contribution in [0.15, 0.2) is 65.4 Å². The van der Waals surface area contributed by atoms with Gasteiger partial charge in [0.2, 0.25) is 5.91 Å². The summed E-state index contributed by atoms with van der Waals surface area (Å²) in [6.45, 7) is 5.95. The SMILES string of the molecule is CCOC(=O)C1=C(C)NC2=C(C(=O)c3ccccc32)C12C(=O)N(CC)c1ccccc12. The van der Waals surface area contributed by atoms with Gasteiger partial charge in [0.15, 0.2) is 5.78 Å². The van der Waals surface area contributed by atoms with Crippen molar-refractivity contribution in [3.63, 3.8) is 0 Å². The van der Waals surface area contributed by atoms with Crippen LogP contribution in [0.4, 0.5) is 5.69 Å². The van der Waals surface area contributed by atoms with Crippen molar-refractivity contribution in [3.8, 4) is 0 Å². The number of anilines is 1. The van der Waals surface area contributed by atoms with Gasteiger partial charge in [-0.2, -0.15) is 0 Å². The molecule has 6 heteroatoms. The maximum atomic E-state index is 14.1. The third kappa shape index (κ3) is 2.24. The molecule has 0 saturated heterocycles. The Morgan fingerprint density at radius 2 is 1.71 bits per heavy atom. The Labute approximate surface area is 180 Å². The predicted molar refractivity (Wildman–Crippen MR) is 116 cm³/mol. The zero-order valence-electron chi connectivity index (χ0n) is 17.6. The van der Waals surface area contributed by atoms with E-state index in [0.717, 1.165) is 5.56 Å². The highest BCUT2D eigenvalue weighted by Gasteiger charge is 2.63. The maximum Gasteiger partial charge on any atom is 0.337 e. The number of carbonyl (C=O) groups is 3. The fraction of sp³-hybridized carbons (Fsp3) is 0.240. The van der Waals surface area contributed by atoms with Gasteiger partial charge < -0.3 is 15.0 Å². The molecule has 2 aliphatic heterocycles. The molecule has 0 bridgehead atoms. The second kappa shape index (κ2) is 6.67. The van der Waals surface area contributed by atoms with Gasteiger partial charge in [0.05, 0.1) is 17.9 Å². The molecule has 0 fully saturated rings. The van der Waals surface area contributed by atoms with Crippen LogP contribution >= 0.6 is 0 Å². The number of hydrogen-bond donors (Lipinski definition) is 1. The van der Waals surface area contributed by atoms with Gasteiger partial charge in [-0.05, 0) is 26.8 Å². The molecule has 0 saturated carbocycles. The van der Waals surface area contributed by atoms with Gasteiger partial charge in [-0.15, -0.1) is 0 Å². The minimum Gasteiger partial charge on any atom is -0.463 e. The molecule has 1 atom stereocenters. The molecule has 3 aliphatic rings. The summed E-state index contributed by atoms with van der Waals surface area (Å²) in [6.07, 6.45) is 0. The van der Waals surface area contributed by atoms with Crippen molar-refractivity contribution in [1.29, 1.82) is 0 Å². The molecule has 156 valence electrons. The Bertz CT molecular complexity index is 1240. The van der Waals surface area contributed by atoms with Gasteiger partial charge in [0.1, 0.15) is 5.41 Å². The third-order valence-electron chi connectivity index (χ3n) is 6.32. The monoisotopic (exact) mass is 414 g/mol. The molecule has 1 amide bonds. The fourth-order valence-electron chi connectivity index (χ4n) is 5.19. The summed E-state index contributed by atoms with van der Waals surface area (Å²) in [5.74, 6) is -1.13. The van der Waals surface area contributed by atoms with E-state index < -0.39 is 11.4 Å². The summed E-state index contributed by atoms with van der Waals surface area (Å²) in [5, 5.41) is 3.26. The second-order valence-electron chi connectivity index (χ2n) is 7.79. The molecule has 2 aromatic rings. The van der Waals surface area contributed by atoms with Crippen molar-refractivity contribution in [3.05, 3.63) is 82.1 Å². The number of ether oxygens (including phenoxy) is 1. The lowest BCUT2D eigenvalue weighted by Gasteiger charge is -2.36. The first-order chi connectivity index (χ1) is 15.0. The van der Waals surface area contributed by atoms with E-state index in [1.807, 2.05) is 43.3 Å². The highest BCUT2D eigenvalue weighted by atomic mass is 16.5. The van der Waals surface area contributed by atoms with Gasteiger partial charge in [0, 0.05) is 40.2 Å². The van der Waals surface area contributed by atoms with Crippen LogP contribution in [0.5, 0.6) is 0 Å². The number of hydrogen-bond acceptors (Lipinski definition) is 5. The minimum absolute atomic E-state index is 0.166. The molecule has 1 spiro atoms. The molecule has 2 aromatic carbocycles. The number of fused-ring (bicyclic) bond motifs is 5. The average molecular weight is 414 g/mol. The van der Waals surface area contributed by atoms with E-state index in [1.165, 1.54) is 0 Å². The van der Waals surface area contributed by atoms with Crippen LogP contribution in [0.3, 0.4) is 0 Å². The summed E-state index contributed by atoms with van der Waals surface area (Å²) >= 11 is 0. The van der Waals surface area contributed by atoms with Crippen LogP contribution in [-0.2, 0) is 19.7 Å². The van der Waals surface area contributed by atoms with E-state index in [2.05, 4.69) is 5.32 Å². The van der Waals surface area contributed by atoms with E-state index in [9.17, 15) is 14.4 Å². The summed E-state index contributed by atoms with van der Waals surface area (Å²) in [6, 6.07) is 14.7. The van der Waals surface area contributed by atoms with Gasteiger partial charge in [-0.25, -0.2) is 4.79 Å². The van der Waals surface area contributed by atoms with Gasteiger partial charge in [-0.3, -0.25) is 9.59 Å². The Morgan fingerprint density at radius 1 is 1.03 bits per heavy atom. The first-order valence-electron chi connectivity index (χ1n) is 10.4. The Morgan fingerprint density at radius 3 is 2.42 bits per heavy atom. The summed E-state index contributed by atoms with van der Waals surface area (Å²) in [5.41, 5.74) is 2.66. The number of rotatable bonds is 3. The average Bonchev–Trinajstić information content (AvgIpc) is 3.18. The quantitative estimate of drug-likeness (QED) is 0.780. The number of ketones is 1. The Kier molecular flexibility index (Phi) is 4.15. The lowest BCUT2D eigenvalue weighted by Crippen LogP contribution is -2.50. The number of esters is 1. The van der Waals surface area contributed by atoms with E-state index in [-0.39, 0.29) is 23.9 Å². The number of Topliss-reactive ketones (excluding diaryl/α,β-unsaturated/α-hetero) is 1. The van der Waals surface area contributed by atoms with E-state index in [4.69, 9.17) is 4.74 Å². The Hall–Kier alpha value is -3.67. The van der Waals surface area contributed by atoms with Crippen molar-refractivity contribution >= 4 is 29.0 Å². The first kappa shape index (κ1) is 19.3. The summed E-state index contributed by atoms with van der Waals surface area (Å²) < 4.78 is 5.39. The lowest BCUT2D eigenvalue weighted by atomic mass is 9.66. The molecule has 0 radical (unpaired) electrons. The highest BCUT2D eigenvalue weighted by molar-refractivity contribution is 6.31. The van der Waals surface area contributed by atoms with E-state index in [0.29, 0.717) is 40.3 Å². The number of amides is 1. The number of nitrogens with zero attached hydrogens (tertiary/aromatic N) is 1. The molecule has 5 rings (SSSR count). The fourth-order valence-corrected chi connectivity index (χ4v) is 5.19. The van der Waals surface area contributed by atoms with Crippen molar-refractivity contribution in [2.45, 2.75) is 26.2 Å². The normalized spacial score (nSPS) is 21.3. The smallest absolute Gasteiger partial charge is 0.337 e. The lowest BCUT2D eigenvalue weighted by molar-refractivity contribution is -0.140. The van der Waals surface area contributed by atoms with Crippen LogP contribution in [0.2, 0.25) is 0 Å².